The number of aliphatic carboxylic acids is 1. The molecule has 0 bridgehead atoms. The van der Waals surface area contributed by atoms with Gasteiger partial charge < -0.3 is 30.5 Å². The third-order valence-electron chi connectivity index (χ3n) is 8.40. The number of ether oxygens (including phenoxy) is 1. The van der Waals surface area contributed by atoms with Gasteiger partial charge in [0.15, 0.2) is 24.1 Å². The van der Waals surface area contributed by atoms with Crippen molar-refractivity contribution in [3.05, 3.63) is 47.2 Å². The van der Waals surface area contributed by atoms with Crippen molar-refractivity contribution in [2.45, 2.75) is 115 Å². The van der Waals surface area contributed by atoms with Gasteiger partial charge in [0.25, 0.3) is 11.8 Å². The number of amides is 2. The molecule has 2 aliphatic heterocycles. The molecule has 1 fully saturated rings. The van der Waals surface area contributed by atoms with E-state index in [1.165, 1.54) is 63.1 Å². The number of nitrogens with one attached hydrogen (secondary N) is 1. The van der Waals surface area contributed by atoms with Gasteiger partial charge in [-0.15, -0.1) is 11.8 Å². The Labute approximate surface area is 301 Å². The Kier molecular flexibility index (Phi) is 15.5. The van der Waals surface area contributed by atoms with Gasteiger partial charge >= 0.3 is 5.97 Å². The van der Waals surface area contributed by atoms with Gasteiger partial charge in [-0.25, -0.2) is 4.57 Å². The Hall–Kier alpha value is -4.05. The van der Waals surface area contributed by atoms with Crippen LogP contribution in [0.25, 0.3) is 0 Å². The summed E-state index contributed by atoms with van der Waals surface area (Å²) in [6, 6.07) is 2.61. The lowest BCUT2D eigenvalue weighted by atomic mass is 10.0. The fourth-order valence-corrected chi connectivity index (χ4v) is 7.50. The molecule has 272 valence electrons. The number of carbonyl (C=O) groups is 4. The second-order valence-corrected chi connectivity index (χ2v) is 14.1. The summed E-state index contributed by atoms with van der Waals surface area (Å²) in [5.41, 5.74) is 6.48. The lowest BCUT2D eigenvalue weighted by Gasteiger charge is -2.50. The minimum absolute atomic E-state index is 0.0447. The first-order chi connectivity index (χ1) is 24.2. The van der Waals surface area contributed by atoms with Gasteiger partial charge in [0.1, 0.15) is 24.6 Å². The molecule has 2 aliphatic rings. The molecular weight excluding hydrogens is 683 g/mol. The highest BCUT2D eigenvalue weighted by Gasteiger charge is 2.53. The molecule has 2 aromatic rings. The average molecular weight is 730 g/mol. The molecule has 2 aromatic heterocycles. The first-order valence-corrected chi connectivity index (χ1v) is 19.2. The number of nitrogen functional groups attached to an aromatic ring is 1. The van der Waals surface area contributed by atoms with E-state index in [-0.39, 0.29) is 48.1 Å². The topological polar surface area (TPSA) is 193 Å². The number of anilines is 1. The summed E-state index contributed by atoms with van der Waals surface area (Å²) < 4.78 is 11.2. The number of fused-ring (bicyclic) bond motifs is 1. The molecule has 0 spiro atoms. The molecule has 0 radical (unpaired) electrons. The number of nitrogens with two attached hydrogens (primary N) is 1. The van der Waals surface area contributed by atoms with Crippen LogP contribution in [-0.4, -0.2) is 67.5 Å². The number of carboxylic acids is 1. The zero-order valence-corrected chi connectivity index (χ0v) is 30.4. The first-order valence-electron chi connectivity index (χ1n) is 17.4. The Balaban J connectivity index is 1.22. The number of β-lactam (4-membered cyclic amide) rings is 1. The van der Waals surface area contributed by atoms with E-state index in [9.17, 15) is 24.3 Å². The van der Waals surface area contributed by atoms with E-state index in [2.05, 4.69) is 26.8 Å². The van der Waals surface area contributed by atoms with Gasteiger partial charge in [0.2, 0.25) is 11.5 Å². The molecular formula is C34H47N7O7S2. The van der Waals surface area contributed by atoms with Crippen LogP contribution in [0.15, 0.2) is 41.0 Å². The van der Waals surface area contributed by atoms with Crippen LogP contribution in [-0.2, 0) is 41.9 Å². The van der Waals surface area contributed by atoms with Crippen LogP contribution in [0.4, 0.5) is 5.13 Å². The first kappa shape index (κ1) is 38.7. The smallest absolute Gasteiger partial charge is 0.306 e. The van der Waals surface area contributed by atoms with Crippen LogP contribution in [0, 0.1) is 0 Å². The van der Waals surface area contributed by atoms with Crippen molar-refractivity contribution in [1.82, 2.24) is 19.6 Å². The van der Waals surface area contributed by atoms with Crippen LogP contribution >= 0.6 is 23.3 Å². The molecule has 14 nitrogen and oxygen atoms in total. The highest BCUT2D eigenvalue weighted by atomic mass is 32.2. The van der Waals surface area contributed by atoms with Crippen molar-refractivity contribution < 1.29 is 38.4 Å². The Morgan fingerprint density at radius 3 is 2.32 bits per heavy atom. The highest BCUT2D eigenvalue weighted by Crippen LogP contribution is 2.40. The number of hydrogen-bond donors (Lipinski definition) is 2. The van der Waals surface area contributed by atoms with Crippen molar-refractivity contribution in [3.63, 3.8) is 0 Å². The van der Waals surface area contributed by atoms with E-state index in [0.29, 0.717) is 17.7 Å². The van der Waals surface area contributed by atoms with Gasteiger partial charge in [-0.2, -0.15) is 9.36 Å². The zero-order chi connectivity index (χ0) is 35.9. The monoisotopic (exact) mass is 729 g/mol. The van der Waals surface area contributed by atoms with E-state index < -0.39 is 29.2 Å². The van der Waals surface area contributed by atoms with Crippen molar-refractivity contribution in [3.8, 4) is 0 Å². The Morgan fingerprint density at radius 1 is 1.06 bits per heavy atom. The number of esters is 1. The number of aromatic nitrogens is 3. The molecule has 4 rings (SSSR count). The molecule has 1 saturated heterocycles. The van der Waals surface area contributed by atoms with Crippen molar-refractivity contribution in [2.75, 3.05) is 18.1 Å². The van der Waals surface area contributed by atoms with Gasteiger partial charge in [-0.05, 0) is 13.3 Å². The molecule has 2 atom stereocenters. The maximum absolute atomic E-state index is 13.2. The molecule has 3 N–H and O–H groups in total. The van der Waals surface area contributed by atoms with Crippen LogP contribution in [0.1, 0.15) is 102 Å². The molecule has 50 heavy (non-hydrogen) atoms. The van der Waals surface area contributed by atoms with Crippen LogP contribution in [0.5, 0.6) is 0 Å². The molecule has 4 heterocycles. The predicted molar refractivity (Wildman–Crippen MR) is 187 cm³/mol. The van der Waals surface area contributed by atoms with Gasteiger partial charge in [0.05, 0.1) is 11.7 Å². The van der Waals surface area contributed by atoms with Crippen molar-refractivity contribution >= 4 is 57.9 Å². The molecule has 1 unspecified atom stereocenters. The second kappa shape index (κ2) is 20.0. The normalized spacial score (nSPS) is 17.3. The van der Waals surface area contributed by atoms with E-state index in [1.54, 1.807) is 36.0 Å². The predicted octanol–water partition coefficient (Wildman–Crippen LogP) is 3.00. The number of oxime groups is 1. The number of hydrogen-bond acceptors (Lipinski definition) is 13. The summed E-state index contributed by atoms with van der Waals surface area (Å²) in [4.78, 5) is 60.9. The number of carboxylic acid groups (broad SMARTS) is 1. The van der Waals surface area contributed by atoms with Crippen molar-refractivity contribution in [1.29, 1.82) is 0 Å². The third kappa shape index (κ3) is 11.0. The number of rotatable bonds is 22. The number of nitrogens with zero attached hydrogens (tertiary/aromatic N) is 5. The average Bonchev–Trinajstić information content (AvgIpc) is 3.54. The van der Waals surface area contributed by atoms with Crippen molar-refractivity contribution in [2.24, 2.45) is 5.16 Å². The quantitative estimate of drug-likeness (QED) is 0.0452. The Morgan fingerprint density at radius 2 is 1.72 bits per heavy atom. The number of thioether (sulfide) groups is 1. The summed E-state index contributed by atoms with van der Waals surface area (Å²) in [7, 11) is 0. The summed E-state index contributed by atoms with van der Waals surface area (Å²) in [5, 5.41) is 18.1. The molecule has 0 aliphatic carbocycles. The minimum atomic E-state index is -1.48. The van der Waals surface area contributed by atoms with Gasteiger partial charge in [-0.1, -0.05) is 76.3 Å². The second-order valence-electron chi connectivity index (χ2n) is 12.2. The highest BCUT2D eigenvalue weighted by molar-refractivity contribution is 8.00. The van der Waals surface area contributed by atoms with E-state index in [4.69, 9.17) is 15.3 Å². The summed E-state index contributed by atoms with van der Waals surface area (Å²) in [6.07, 6.45) is 17.3. The van der Waals surface area contributed by atoms with Crippen LogP contribution < -0.4 is 20.7 Å². The van der Waals surface area contributed by atoms with E-state index in [0.717, 1.165) is 41.3 Å². The maximum atomic E-state index is 13.2. The van der Waals surface area contributed by atoms with E-state index in [1.807, 2.05) is 0 Å². The minimum Gasteiger partial charge on any atom is -0.543 e. The Bertz CT molecular complexity index is 1530. The number of pyridine rings is 1. The molecule has 0 aromatic carbocycles. The standard InChI is InChI=1S/C34H47N7O7S2/c1-3-5-6-7-8-9-10-11-12-13-14-15-25(42)47-21-23-16-18-40(19-17-23)20-24-22-49-32-27(31(44)41(32)28(24)33(45)46)36-30(43)26(38-48-4-2)29-37-34(35)50-39-29/h16-19,27,32H,3-15,20-22H2,1-2H3,(H3-,35,36,37,39,43,45,46)/t27?,32-/m1/s1. The van der Waals surface area contributed by atoms with E-state index >= 15 is 0 Å². The SMILES string of the molecule is CCCCCCCCCCCCCC(=O)OCc1cc[n+](CC2=C(C(=O)[O-])N3C(=O)C(NC(=O)C(=NOCC)c4nsc(N)n4)[C@H]3SC2)cc1. The number of unbranched alkanes of at least 4 members (excludes halogenated alkanes) is 10. The van der Waals surface area contributed by atoms with Crippen LogP contribution in [0.2, 0.25) is 0 Å². The van der Waals surface area contributed by atoms with Crippen LogP contribution in [0.3, 0.4) is 0 Å². The summed E-state index contributed by atoms with van der Waals surface area (Å²) in [6.45, 7) is 4.45. The lowest BCUT2D eigenvalue weighted by molar-refractivity contribution is -0.689. The fourth-order valence-electron chi connectivity index (χ4n) is 5.73. The summed E-state index contributed by atoms with van der Waals surface area (Å²) >= 11 is 2.20. The van der Waals surface area contributed by atoms with Gasteiger partial charge in [-0.3, -0.25) is 19.3 Å². The molecule has 16 heteroatoms. The molecule has 2 amide bonds. The third-order valence-corrected chi connectivity index (χ3v) is 10.3. The zero-order valence-electron chi connectivity index (χ0n) is 28.8. The molecule has 0 saturated carbocycles. The fraction of sp³-hybridized carbons (Fsp3) is 0.588. The maximum Gasteiger partial charge on any atom is 0.306 e. The largest absolute Gasteiger partial charge is 0.543 e. The number of carbonyl (C=O) groups excluding carboxylic acids is 4. The lowest BCUT2D eigenvalue weighted by Crippen LogP contribution is -2.71. The summed E-state index contributed by atoms with van der Waals surface area (Å²) in [5.74, 6) is -2.80. The van der Waals surface area contributed by atoms with Gasteiger partial charge in [0, 0.05) is 47.0 Å².